The number of alkyl halides is 5. The van der Waals surface area contributed by atoms with E-state index < -0.39 is 57.4 Å². The second-order valence-corrected chi connectivity index (χ2v) is 5.56. The molecule has 2 aromatic rings. The number of methoxy groups -OCH3 is 2. The van der Waals surface area contributed by atoms with Gasteiger partial charge in [0.15, 0.2) is 0 Å². The monoisotopic (exact) mass is 430 g/mol. The van der Waals surface area contributed by atoms with Crippen LogP contribution in [0.25, 0.3) is 5.69 Å². The standard InChI is InChI=1S/C15H9ClF6N2O4/c1-27-12(26)6-3-9(8(17)4-7(6)16)24-11(25)5-10(23-13(24)28-2)14(18,19)15(20,21)22/h3-5H,1-2H3. The molecule has 0 aliphatic carbocycles. The summed E-state index contributed by atoms with van der Waals surface area (Å²) in [5.41, 5.74) is -4.61. The normalized spacial score (nSPS) is 12.0. The summed E-state index contributed by atoms with van der Waals surface area (Å²) in [6.07, 6.45) is -6.03. The molecule has 0 spiro atoms. The SMILES string of the molecule is COC(=O)c1cc(-n2c(OC)nc(C(F)(F)C(F)(F)F)cc2=O)c(F)cc1Cl. The topological polar surface area (TPSA) is 70.4 Å². The molecule has 0 amide bonds. The van der Waals surface area contributed by atoms with E-state index in [2.05, 4.69) is 14.5 Å². The van der Waals surface area contributed by atoms with Crippen LogP contribution in [0.2, 0.25) is 5.02 Å². The van der Waals surface area contributed by atoms with Crippen LogP contribution in [0, 0.1) is 5.82 Å². The smallest absolute Gasteiger partial charge is 0.459 e. The van der Waals surface area contributed by atoms with Crippen LogP contribution in [0.15, 0.2) is 23.0 Å². The minimum atomic E-state index is -6.03. The lowest BCUT2D eigenvalue weighted by Crippen LogP contribution is -2.37. The van der Waals surface area contributed by atoms with Crippen molar-refractivity contribution in [1.82, 2.24) is 9.55 Å². The first-order chi connectivity index (χ1) is 12.8. The van der Waals surface area contributed by atoms with E-state index >= 15 is 0 Å². The fourth-order valence-electron chi connectivity index (χ4n) is 2.10. The van der Waals surface area contributed by atoms with Gasteiger partial charge < -0.3 is 9.47 Å². The van der Waals surface area contributed by atoms with Crippen molar-refractivity contribution in [2.45, 2.75) is 12.1 Å². The number of hydrogen-bond donors (Lipinski definition) is 0. The first-order valence-corrected chi connectivity index (χ1v) is 7.43. The van der Waals surface area contributed by atoms with Gasteiger partial charge in [0.1, 0.15) is 11.5 Å². The molecule has 1 heterocycles. The molecule has 13 heteroatoms. The van der Waals surface area contributed by atoms with Gasteiger partial charge in [-0.05, 0) is 12.1 Å². The molecule has 2 rings (SSSR count). The lowest BCUT2D eigenvalue weighted by atomic mass is 10.1. The van der Waals surface area contributed by atoms with Crippen molar-refractivity contribution in [1.29, 1.82) is 0 Å². The molecule has 28 heavy (non-hydrogen) atoms. The number of halogens is 7. The van der Waals surface area contributed by atoms with Crippen molar-refractivity contribution in [3.05, 3.63) is 50.7 Å². The fraction of sp³-hybridized carbons (Fsp3) is 0.267. The average Bonchev–Trinajstić information content (AvgIpc) is 2.60. The van der Waals surface area contributed by atoms with Crippen LogP contribution in [0.5, 0.6) is 6.01 Å². The summed E-state index contributed by atoms with van der Waals surface area (Å²) in [6, 6.07) is 0.148. The van der Waals surface area contributed by atoms with E-state index in [0.717, 1.165) is 20.3 Å². The zero-order chi connectivity index (χ0) is 21.4. The minimum absolute atomic E-state index is 0.123. The molecular weight excluding hydrogens is 422 g/mol. The zero-order valence-electron chi connectivity index (χ0n) is 13.9. The Bertz CT molecular complexity index is 990. The number of carbonyl (C=O) groups is 1. The predicted molar refractivity (Wildman–Crippen MR) is 82.6 cm³/mol. The van der Waals surface area contributed by atoms with Crippen LogP contribution >= 0.6 is 11.6 Å². The van der Waals surface area contributed by atoms with Gasteiger partial charge in [-0.1, -0.05) is 11.6 Å². The van der Waals surface area contributed by atoms with E-state index in [1.54, 1.807) is 0 Å². The van der Waals surface area contributed by atoms with Gasteiger partial charge in [-0.25, -0.2) is 13.8 Å². The molecule has 0 saturated heterocycles. The highest BCUT2D eigenvalue weighted by atomic mass is 35.5. The zero-order valence-corrected chi connectivity index (χ0v) is 14.7. The van der Waals surface area contributed by atoms with Crippen LogP contribution < -0.4 is 10.3 Å². The highest BCUT2D eigenvalue weighted by Crippen LogP contribution is 2.43. The summed E-state index contributed by atoms with van der Waals surface area (Å²) in [7, 11) is 1.80. The molecule has 0 atom stereocenters. The van der Waals surface area contributed by atoms with E-state index in [1.165, 1.54) is 0 Å². The van der Waals surface area contributed by atoms with Crippen molar-refractivity contribution >= 4 is 17.6 Å². The minimum Gasteiger partial charge on any atom is -0.468 e. The largest absolute Gasteiger partial charge is 0.468 e. The van der Waals surface area contributed by atoms with Gasteiger partial charge in [0.05, 0.1) is 30.5 Å². The van der Waals surface area contributed by atoms with Gasteiger partial charge in [-0.2, -0.15) is 26.9 Å². The molecule has 1 aromatic carbocycles. The van der Waals surface area contributed by atoms with E-state index in [0.29, 0.717) is 6.07 Å². The Morgan fingerprint density at radius 1 is 1.14 bits per heavy atom. The predicted octanol–water partition coefficient (Wildman–Crippen LogP) is 3.47. The molecule has 6 nitrogen and oxygen atoms in total. The van der Waals surface area contributed by atoms with Gasteiger partial charge in [-0.3, -0.25) is 4.79 Å². The second kappa shape index (κ2) is 7.34. The fourth-order valence-corrected chi connectivity index (χ4v) is 2.33. The van der Waals surface area contributed by atoms with Crippen molar-refractivity contribution in [3.8, 4) is 11.7 Å². The van der Waals surface area contributed by atoms with Crippen LogP contribution in [0.1, 0.15) is 16.1 Å². The molecule has 0 fully saturated rings. The van der Waals surface area contributed by atoms with E-state index in [1.807, 2.05) is 0 Å². The number of rotatable bonds is 4. The number of nitrogens with zero attached hydrogens (tertiary/aromatic N) is 2. The van der Waals surface area contributed by atoms with Gasteiger partial charge in [0.25, 0.3) is 5.56 Å². The third kappa shape index (κ3) is 3.63. The van der Waals surface area contributed by atoms with E-state index in [-0.39, 0.29) is 10.6 Å². The van der Waals surface area contributed by atoms with Crippen LogP contribution in [-0.4, -0.2) is 35.9 Å². The molecule has 152 valence electrons. The summed E-state index contributed by atoms with van der Waals surface area (Å²) in [4.78, 5) is 26.9. The summed E-state index contributed by atoms with van der Waals surface area (Å²) in [6.45, 7) is 0. The van der Waals surface area contributed by atoms with Gasteiger partial charge >= 0.3 is 24.1 Å². The molecule has 0 radical (unpaired) electrons. The number of benzene rings is 1. The number of esters is 1. The molecular formula is C15H9ClF6N2O4. The van der Waals surface area contributed by atoms with Crippen molar-refractivity contribution in [2.75, 3.05) is 14.2 Å². The summed E-state index contributed by atoms with van der Waals surface area (Å²) >= 11 is 5.71. The van der Waals surface area contributed by atoms with Crippen molar-refractivity contribution < 1.29 is 40.6 Å². The molecule has 0 aliphatic heterocycles. The highest BCUT2D eigenvalue weighted by Gasteiger charge is 2.60. The first kappa shape index (κ1) is 21.5. The quantitative estimate of drug-likeness (QED) is 0.549. The van der Waals surface area contributed by atoms with Gasteiger partial charge in [0, 0.05) is 6.07 Å². The summed E-state index contributed by atoms with van der Waals surface area (Å²) in [5.74, 6) is -7.70. The van der Waals surface area contributed by atoms with E-state index in [4.69, 9.17) is 11.6 Å². The Balaban J connectivity index is 2.79. The Hall–Kier alpha value is -2.76. The summed E-state index contributed by atoms with van der Waals surface area (Å²) < 4.78 is 88.2. The Kier molecular flexibility index (Phi) is 5.64. The maximum absolute atomic E-state index is 14.3. The highest BCUT2D eigenvalue weighted by molar-refractivity contribution is 6.33. The van der Waals surface area contributed by atoms with Crippen molar-refractivity contribution in [3.63, 3.8) is 0 Å². The van der Waals surface area contributed by atoms with Gasteiger partial charge in [0.2, 0.25) is 0 Å². The molecule has 1 aromatic heterocycles. The Morgan fingerprint density at radius 2 is 1.75 bits per heavy atom. The maximum atomic E-state index is 14.3. The van der Waals surface area contributed by atoms with Crippen LogP contribution in [-0.2, 0) is 10.7 Å². The Morgan fingerprint density at radius 3 is 2.25 bits per heavy atom. The maximum Gasteiger partial charge on any atom is 0.459 e. The van der Waals surface area contributed by atoms with Crippen LogP contribution in [0.3, 0.4) is 0 Å². The Labute approximate surface area is 157 Å². The van der Waals surface area contributed by atoms with Gasteiger partial charge in [-0.15, -0.1) is 0 Å². The molecule has 0 N–H and O–H groups in total. The number of hydrogen-bond acceptors (Lipinski definition) is 5. The summed E-state index contributed by atoms with van der Waals surface area (Å²) in [5, 5.41) is -0.395. The number of aromatic nitrogens is 2. The molecule has 0 unspecified atom stereocenters. The third-order valence-electron chi connectivity index (χ3n) is 3.43. The van der Waals surface area contributed by atoms with E-state index in [9.17, 15) is 35.9 Å². The molecule has 0 aliphatic rings. The van der Waals surface area contributed by atoms with Crippen LogP contribution in [0.4, 0.5) is 26.3 Å². The third-order valence-corrected chi connectivity index (χ3v) is 3.74. The molecule has 0 bridgehead atoms. The second-order valence-electron chi connectivity index (χ2n) is 5.15. The average molecular weight is 431 g/mol. The lowest BCUT2D eigenvalue weighted by molar-refractivity contribution is -0.291. The van der Waals surface area contributed by atoms with Crippen molar-refractivity contribution in [2.24, 2.45) is 0 Å². The molecule has 0 saturated carbocycles. The number of ether oxygens (including phenoxy) is 2. The lowest BCUT2D eigenvalue weighted by Gasteiger charge is -2.20. The number of carbonyl (C=O) groups excluding carboxylic acids is 1. The first-order valence-electron chi connectivity index (χ1n) is 7.06.